The first-order valence-electron chi connectivity index (χ1n) is 5.76. The van der Waals surface area contributed by atoms with Gasteiger partial charge in [0.2, 0.25) is 0 Å². The van der Waals surface area contributed by atoms with Crippen molar-refractivity contribution in [1.82, 2.24) is 5.32 Å². The number of carbonyl (C=O) groups excluding carboxylic acids is 2. The van der Waals surface area contributed by atoms with Crippen LogP contribution in [0.15, 0.2) is 30.3 Å². The fraction of sp³-hybridized carbons (Fsp3) is 0.385. The molecular weight excluding hydrogens is 234 g/mol. The molecule has 0 aliphatic carbocycles. The zero-order chi connectivity index (χ0) is 13.2. The van der Waals surface area contributed by atoms with Crippen LogP contribution in [0.25, 0.3) is 0 Å². The topological polar surface area (TPSA) is 64.6 Å². The van der Waals surface area contributed by atoms with Gasteiger partial charge in [0, 0.05) is 13.5 Å². The molecule has 1 N–H and O–H groups in total. The third-order valence-electron chi connectivity index (χ3n) is 2.21. The molecule has 0 aliphatic rings. The van der Waals surface area contributed by atoms with Gasteiger partial charge in [-0.05, 0) is 12.0 Å². The van der Waals surface area contributed by atoms with Gasteiger partial charge in [-0.15, -0.1) is 0 Å². The zero-order valence-electron chi connectivity index (χ0n) is 10.3. The molecule has 0 saturated carbocycles. The number of alkyl carbamates (subject to hydrolysis) is 1. The summed E-state index contributed by atoms with van der Waals surface area (Å²) in [6.45, 7) is 0.482. The molecule has 98 valence electrons. The number of nitrogens with one attached hydrogen (secondary N) is 1. The summed E-state index contributed by atoms with van der Waals surface area (Å²) in [6.07, 6.45) is 0.206. The van der Waals surface area contributed by atoms with Gasteiger partial charge < -0.3 is 14.8 Å². The Labute approximate surface area is 106 Å². The average molecular weight is 251 g/mol. The molecule has 0 bridgehead atoms. The highest BCUT2D eigenvalue weighted by molar-refractivity contribution is 5.69. The monoisotopic (exact) mass is 251 g/mol. The lowest BCUT2D eigenvalue weighted by Gasteiger charge is -2.05. The molecule has 1 amide bonds. The van der Waals surface area contributed by atoms with Gasteiger partial charge >= 0.3 is 12.1 Å². The lowest BCUT2D eigenvalue weighted by Crippen LogP contribution is -2.20. The first-order valence-corrected chi connectivity index (χ1v) is 5.76. The maximum absolute atomic E-state index is 11.4. The molecular formula is C13H17NO4. The van der Waals surface area contributed by atoms with E-state index in [9.17, 15) is 9.59 Å². The summed E-state index contributed by atoms with van der Waals surface area (Å²) in [4.78, 5) is 22.1. The first kappa shape index (κ1) is 14.0. The van der Waals surface area contributed by atoms with Crippen LogP contribution in [0.1, 0.15) is 18.4 Å². The van der Waals surface area contributed by atoms with Crippen LogP contribution in [0.4, 0.5) is 4.79 Å². The summed E-state index contributed by atoms with van der Waals surface area (Å²) in [5, 5.41) is 2.32. The Morgan fingerprint density at radius 2 is 1.89 bits per heavy atom. The van der Waals surface area contributed by atoms with Crippen molar-refractivity contribution in [2.24, 2.45) is 0 Å². The number of ether oxygens (including phenoxy) is 2. The van der Waals surface area contributed by atoms with E-state index in [1.165, 1.54) is 7.05 Å². The van der Waals surface area contributed by atoms with E-state index in [0.29, 0.717) is 6.42 Å². The minimum absolute atomic E-state index is 0.208. The summed E-state index contributed by atoms with van der Waals surface area (Å²) in [7, 11) is 1.48. The van der Waals surface area contributed by atoms with E-state index in [1.807, 2.05) is 30.3 Å². The molecule has 0 radical (unpaired) electrons. The minimum atomic E-state index is -0.493. The molecule has 0 fully saturated rings. The number of benzene rings is 1. The van der Waals surface area contributed by atoms with Crippen molar-refractivity contribution in [3.05, 3.63) is 35.9 Å². The second kappa shape index (κ2) is 8.11. The predicted octanol–water partition coefficient (Wildman–Crippen LogP) is 1.87. The molecule has 0 aliphatic heterocycles. The van der Waals surface area contributed by atoms with Gasteiger partial charge in [0.05, 0.1) is 6.61 Å². The molecule has 0 atom stereocenters. The Morgan fingerprint density at radius 1 is 1.17 bits per heavy atom. The lowest BCUT2D eigenvalue weighted by molar-refractivity contribution is -0.145. The SMILES string of the molecule is CNC(=O)OCCCC(=O)OCc1ccccc1. The van der Waals surface area contributed by atoms with E-state index in [0.717, 1.165) is 5.56 Å². The highest BCUT2D eigenvalue weighted by atomic mass is 16.5. The fourth-order valence-electron chi connectivity index (χ4n) is 1.26. The van der Waals surface area contributed by atoms with Crippen LogP contribution >= 0.6 is 0 Å². The third-order valence-corrected chi connectivity index (χ3v) is 2.21. The van der Waals surface area contributed by atoms with E-state index < -0.39 is 6.09 Å². The van der Waals surface area contributed by atoms with Gasteiger partial charge in [-0.2, -0.15) is 0 Å². The normalized spacial score (nSPS) is 9.61. The molecule has 18 heavy (non-hydrogen) atoms. The standard InChI is InChI=1S/C13H17NO4/c1-14-13(16)17-9-5-8-12(15)18-10-11-6-3-2-4-7-11/h2-4,6-7H,5,8-10H2,1H3,(H,14,16). The maximum Gasteiger partial charge on any atom is 0.406 e. The quantitative estimate of drug-likeness (QED) is 0.619. The largest absolute Gasteiger partial charge is 0.461 e. The smallest absolute Gasteiger partial charge is 0.406 e. The molecule has 1 aromatic carbocycles. The summed E-state index contributed by atoms with van der Waals surface area (Å²) >= 11 is 0. The van der Waals surface area contributed by atoms with Gasteiger partial charge in [0.15, 0.2) is 0 Å². The molecule has 0 unspecified atom stereocenters. The van der Waals surface area contributed by atoms with Crippen molar-refractivity contribution in [1.29, 1.82) is 0 Å². The van der Waals surface area contributed by atoms with Crippen LogP contribution in [0.2, 0.25) is 0 Å². The Kier molecular flexibility index (Phi) is 6.32. The molecule has 1 aromatic rings. The Bertz CT molecular complexity index is 378. The molecule has 1 rings (SSSR count). The van der Waals surface area contributed by atoms with E-state index in [4.69, 9.17) is 9.47 Å². The second-order valence-corrected chi connectivity index (χ2v) is 3.64. The van der Waals surface area contributed by atoms with Crippen LogP contribution in [-0.4, -0.2) is 25.7 Å². The molecule has 5 heteroatoms. The third kappa shape index (κ3) is 5.89. The number of esters is 1. The highest BCUT2D eigenvalue weighted by Crippen LogP contribution is 2.02. The van der Waals surface area contributed by atoms with Gasteiger partial charge in [-0.25, -0.2) is 4.79 Å². The second-order valence-electron chi connectivity index (χ2n) is 3.64. The van der Waals surface area contributed by atoms with Gasteiger partial charge in [-0.1, -0.05) is 30.3 Å². The summed E-state index contributed by atoms with van der Waals surface area (Å²) in [6, 6.07) is 9.46. The van der Waals surface area contributed by atoms with Gasteiger partial charge in [0.25, 0.3) is 0 Å². The molecule has 0 aromatic heterocycles. The van der Waals surface area contributed by atoms with Crippen LogP contribution in [0.3, 0.4) is 0 Å². The predicted molar refractivity (Wildman–Crippen MR) is 65.9 cm³/mol. The summed E-state index contributed by atoms with van der Waals surface area (Å²) in [5.41, 5.74) is 0.951. The number of amides is 1. The number of rotatable bonds is 6. The van der Waals surface area contributed by atoms with E-state index in [2.05, 4.69) is 5.32 Å². The van der Waals surface area contributed by atoms with Crippen molar-refractivity contribution in [2.75, 3.05) is 13.7 Å². The van der Waals surface area contributed by atoms with Gasteiger partial charge in [0.1, 0.15) is 6.61 Å². The maximum atomic E-state index is 11.4. The van der Waals surface area contributed by atoms with Crippen LogP contribution in [-0.2, 0) is 20.9 Å². The Balaban J connectivity index is 2.09. The fourth-order valence-corrected chi connectivity index (χ4v) is 1.26. The van der Waals surface area contributed by atoms with Crippen molar-refractivity contribution < 1.29 is 19.1 Å². The average Bonchev–Trinajstić information content (AvgIpc) is 2.42. The molecule has 0 spiro atoms. The van der Waals surface area contributed by atoms with E-state index in [1.54, 1.807) is 0 Å². The van der Waals surface area contributed by atoms with Crippen molar-refractivity contribution in [3.63, 3.8) is 0 Å². The zero-order valence-corrected chi connectivity index (χ0v) is 10.3. The van der Waals surface area contributed by atoms with Crippen molar-refractivity contribution in [2.45, 2.75) is 19.4 Å². The van der Waals surface area contributed by atoms with Crippen LogP contribution < -0.4 is 5.32 Å². The van der Waals surface area contributed by atoms with E-state index >= 15 is 0 Å². The molecule has 0 saturated heterocycles. The van der Waals surface area contributed by atoms with Crippen LogP contribution in [0, 0.1) is 0 Å². The number of hydrogen-bond donors (Lipinski definition) is 1. The van der Waals surface area contributed by atoms with Crippen molar-refractivity contribution >= 4 is 12.1 Å². The lowest BCUT2D eigenvalue weighted by atomic mass is 10.2. The molecule has 0 heterocycles. The van der Waals surface area contributed by atoms with Gasteiger partial charge in [-0.3, -0.25) is 4.79 Å². The summed E-state index contributed by atoms with van der Waals surface area (Å²) < 4.78 is 9.81. The number of carbonyl (C=O) groups is 2. The Hall–Kier alpha value is -2.04. The highest BCUT2D eigenvalue weighted by Gasteiger charge is 2.04. The Morgan fingerprint density at radius 3 is 2.56 bits per heavy atom. The first-order chi connectivity index (χ1) is 8.72. The van der Waals surface area contributed by atoms with Crippen molar-refractivity contribution in [3.8, 4) is 0 Å². The van der Waals surface area contributed by atoms with E-state index in [-0.39, 0.29) is 25.6 Å². The number of hydrogen-bond acceptors (Lipinski definition) is 4. The minimum Gasteiger partial charge on any atom is -0.461 e. The molecule has 5 nitrogen and oxygen atoms in total. The van der Waals surface area contributed by atoms with Crippen LogP contribution in [0.5, 0.6) is 0 Å². The summed E-state index contributed by atoms with van der Waals surface area (Å²) in [5.74, 6) is -0.292.